The number of piperidine rings is 1. The molecule has 2 N–H and O–H groups in total. The molecule has 5 nitrogen and oxygen atoms in total. The maximum absolute atomic E-state index is 6.18. The molecule has 0 unspecified atom stereocenters. The standard InChI is InChI=1S/C18H21Cl2N5S/c1-12-5-4-8-25(11-12)16-9-15(20)22-17(23-16)24-18(26)21-10-13-6-2-3-7-14(13)19/h2-3,6-7,9,12H,4-5,8,10-11H2,1H3,(H2,21,22,23,24,26)/t12-/m0/s1. The summed E-state index contributed by atoms with van der Waals surface area (Å²) >= 11 is 17.7. The van der Waals surface area contributed by atoms with Crippen LogP contribution >= 0.6 is 35.4 Å². The molecule has 3 rings (SSSR count). The van der Waals surface area contributed by atoms with Gasteiger partial charge in [0.15, 0.2) is 5.11 Å². The molecular formula is C18H21Cl2N5S. The zero-order valence-electron chi connectivity index (χ0n) is 14.5. The van der Waals surface area contributed by atoms with E-state index in [0.29, 0.717) is 33.7 Å². The van der Waals surface area contributed by atoms with Gasteiger partial charge in [0.2, 0.25) is 5.95 Å². The van der Waals surface area contributed by atoms with Crippen molar-refractivity contribution in [3.8, 4) is 0 Å². The van der Waals surface area contributed by atoms with E-state index in [9.17, 15) is 0 Å². The van der Waals surface area contributed by atoms with Crippen LogP contribution in [0.3, 0.4) is 0 Å². The van der Waals surface area contributed by atoms with Crippen molar-refractivity contribution in [1.82, 2.24) is 15.3 Å². The molecule has 1 saturated heterocycles. The minimum absolute atomic E-state index is 0.391. The van der Waals surface area contributed by atoms with Gasteiger partial charge in [0.1, 0.15) is 11.0 Å². The molecule has 2 heterocycles. The van der Waals surface area contributed by atoms with E-state index in [1.165, 1.54) is 6.42 Å². The first kappa shape index (κ1) is 19.1. The van der Waals surface area contributed by atoms with Gasteiger partial charge in [-0.15, -0.1) is 0 Å². The molecule has 1 aliphatic rings. The number of benzene rings is 1. The molecule has 1 aromatic heterocycles. The Bertz CT molecular complexity index is 786. The topological polar surface area (TPSA) is 53.1 Å². The number of nitrogens with zero attached hydrogens (tertiary/aromatic N) is 3. The lowest BCUT2D eigenvalue weighted by Gasteiger charge is -2.32. The SMILES string of the molecule is C[C@H]1CCCN(c2cc(Cl)nc(NC(=S)NCc3ccccc3Cl)n2)C1. The van der Waals surface area contributed by atoms with E-state index in [1.54, 1.807) is 6.07 Å². The third-order valence-corrected chi connectivity index (χ3v) is 5.09. The predicted molar refractivity (Wildman–Crippen MR) is 112 cm³/mol. The van der Waals surface area contributed by atoms with Crippen molar-refractivity contribution in [2.24, 2.45) is 5.92 Å². The highest BCUT2D eigenvalue weighted by atomic mass is 35.5. The van der Waals surface area contributed by atoms with Crippen molar-refractivity contribution in [2.75, 3.05) is 23.3 Å². The highest BCUT2D eigenvalue weighted by molar-refractivity contribution is 7.80. The van der Waals surface area contributed by atoms with Gasteiger partial charge in [-0.2, -0.15) is 4.98 Å². The van der Waals surface area contributed by atoms with E-state index in [-0.39, 0.29) is 0 Å². The summed E-state index contributed by atoms with van der Waals surface area (Å²) < 4.78 is 0. The smallest absolute Gasteiger partial charge is 0.232 e. The van der Waals surface area contributed by atoms with Crippen LogP contribution in [0.4, 0.5) is 11.8 Å². The lowest BCUT2D eigenvalue weighted by atomic mass is 10.0. The summed E-state index contributed by atoms with van der Waals surface area (Å²) in [7, 11) is 0. The molecule has 8 heteroatoms. The van der Waals surface area contributed by atoms with Crippen molar-refractivity contribution in [2.45, 2.75) is 26.3 Å². The van der Waals surface area contributed by atoms with Gasteiger partial charge in [-0.25, -0.2) is 4.98 Å². The van der Waals surface area contributed by atoms with Crippen LogP contribution < -0.4 is 15.5 Å². The van der Waals surface area contributed by atoms with Crippen LogP contribution in [-0.4, -0.2) is 28.2 Å². The third-order valence-electron chi connectivity index (χ3n) is 4.28. The Hall–Kier alpha value is -1.63. The van der Waals surface area contributed by atoms with Crippen molar-refractivity contribution in [1.29, 1.82) is 0 Å². The maximum Gasteiger partial charge on any atom is 0.232 e. The first-order chi connectivity index (χ1) is 12.5. The second-order valence-electron chi connectivity index (χ2n) is 6.46. The van der Waals surface area contributed by atoms with Crippen LogP contribution in [0.1, 0.15) is 25.3 Å². The highest BCUT2D eigenvalue weighted by Gasteiger charge is 2.19. The number of thiocarbonyl (C=S) groups is 1. The number of hydrogen-bond acceptors (Lipinski definition) is 4. The fraction of sp³-hybridized carbons (Fsp3) is 0.389. The Kier molecular flexibility index (Phi) is 6.51. The predicted octanol–water partition coefficient (Wildman–Crippen LogP) is 4.51. The number of halogens is 2. The van der Waals surface area contributed by atoms with Crippen LogP contribution in [-0.2, 0) is 6.54 Å². The molecule has 0 saturated carbocycles. The Morgan fingerprint density at radius 2 is 2.12 bits per heavy atom. The summed E-state index contributed by atoms with van der Waals surface area (Å²) in [4.78, 5) is 11.0. The van der Waals surface area contributed by atoms with Crippen molar-refractivity contribution < 1.29 is 0 Å². The normalized spacial score (nSPS) is 17.0. The minimum Gasteiger partial charge on any atom is -0.358 e. The van der Waals surface area contributed by atoms with E-state index in [4.69, 9.17) is 35.4 Å². The van der Waals surface area contributed by atoms with Gasteiger partial charge in [0.25, 0.3) is 0 Å². The molecule has 0 bridgehead atoms. The molecule has 0 aliphatic carbocycles. The molecule has 26 heavy (non-hydrogen) atoms. The van der Waals surface area contributed by atoms with Crippen molar-refractivity contribution in [3.05, 3.63) is 46.1 Å². The van der Waals surface area contributed by atoms with Crippen LogP contribution in [0, 0.1) is 5.92 Å². The van der Waals surface area contributed by atoms with E-state index < -0.39 is 0 Å². The van der Waals surface area contributed by atoms with E-state index in [1.807, 2.05) is 24.3 Å². The van der Waals surface area contributed by atoms with Crippen LogP contribution in [0.5, 0.6) is 0 Å². The molecule has 1 aliphatic heterocycles. The number of hydrogen-bond donors (Lipinski definition) is 2. The fourth-order valence-electron chi connectivity index (χ4n) is 2.98. The molecular weight excluding hydrogens is 389 g/mol. The van der Waals surface area contributed by atoms with E-state index in [2.05, 4.69) is 32.4 Å². The fourth-order valence-corrected chi connectivity index (χ4v) is 3.53. The second-order valence-corrected chi connectivity index (χ2v) is 7.67. The van der Waals surface area contributed by atoms with Gasteiger partial charge >= 0.3 is 0 Å². The summed E-state index contributed by atoms with van der Waals surface area (Å²) in [6.45, 7) is 4.72. The molecule has 1 aromatic carbocycles. The van der Waals surface area contributed by atoms with Gasteiger partial charge in [-0.3, -0.25) is 0 Å². The Labute approximate surface area is 169 Å². The zero-order chi connectivity index (χ0) is 18.5. The number of rotatable bonds is 4. The van der Waals surface area contributed by atoms with Gasteiger partial charge in [-0.1, -0.05) is 48.3 Å². The average molecular weight is 410 g/mol. The summed E-state index contributed by atoms with van der Waals surface area (Å²) in [6, 6.07) is 9.42. The first-order valence-electron chi connectivity index (χ1n) is 8.59. The summed E-state index contributed by atoms with van der Waals surface area (Å²) in [5.74, 6) is 1.86. The highest BCUT2D eigenvalue weighted by Crippen LogP contribution is 2.24. The zero-order valence-corrected chi connectivity index (χ0v) is 16.8. The lowest BCUT2D eigenvalue weighted by Crippen LogP contribution is -2.35. The number of aromatic nitrogens is 2. The molecule has 1 atom stereocenters. The minimum atomic E-state index is 0.391. The van der Waals surface area contributed by atoms with Crippen LogP contribution in [0.15, 0.2) is 30.3 Å². The molecule has 2 aromatic rings. The molecule has 0 radical (unpaired) electrons. The van der Waals surface area contributed by atoms with Crippen molar-refractivity contribution in [3.63, 3.8) is 0 Å². The Morgan fingerprint density at radius 1 is 1.31 bits per heavy atom. The van der Waals surface area contributed by atoms with Gasteiger partial charge < -0.3 is 15.5 Å². The molecule has 1 fully saturated rings. The second kappa shape index (κ2) is 8.84. The van der Waals surface area contributed by atoms with Gasteiger partial charge in [0, 0.05) is 30.7 Å². The lowest BCUT2D eigenvalue weighted by molar-refractivity contribution is 0.444. The molecule has 0 amide bonds. The van der Waals surface area contributed by atoms with Gasteiger partial charge in [0.05, 0.1) is 0 Å². The molecule has 138 valence electrons. The van der Waals surface area contributed by atoms with Gasteiger partial charge in [-0.05, 0) is 42.6 Å². The average Bonchev–Trinajstić information content (AvgIpc) is 2.60. The summed E-state index contributed by atoms with van der Waals surface area (Å²) in [5.41, 5.74) is 0.966. The quantitative estimate of drug-likeness (QED) is 0.572. The van der Waals surface area contributed by atoms with E-state index >= 15 is 0 Å². The number of anilines is 2. The van der Waals surface area contributed by atoms with Crippen LogP contribution in [0.25, 0.3) is 0 Å². The summed E-state index contributed by atoms with van der Waals surface area (Å²) in [6.07, 6.45) is 2.40. The first-order valence-corrected chi connectivity index (χ1v) is 9.75. The van der Waals surface area contributed by atoms with Crippen LogP contribution in [0.2, 0.25) is 10.2 Å². The monoisotopic (exact) mass is 409 g/mol. The Morgan fingerprint density at radius 3 is 2.88 bits per heavy atom. The number of nitrogens with one attached hydrogen (secondary N) is 2. The third kappa shape index (κ3) is 5.19. The largest absolute Gasteiger partial charge is 0.358 e. The Balaban J connectivity index is 1.63. The summed E-state index contributed by atoms with van der Waals surface area (Å²) in [5, 5.41) is 7.63. The van der Waals surface area contributed by atoms with Crippen molar-refractivity contribution >= 4 is 52.3 Å². The maximum atomic E-state index is 6.18. The molecule has 0 spiro atoms. The van der Waals surface area contributed by atoms with E-state index in [0.717, 1.165) is 30.9 Å².